The van der Waals surface area contributed by atoms with Crippen LogP contribution in [0.15, 0.2) is 60.7 Å². The van der Waals surface area contributed by atoms with E-state index in [2.05, 4.69) is 0 Å². The molecule has 26 heavy (non-hydrogen) atoms. The Balaban J connectivity index is 1.62. The first-order chi connectivity index (χ1) is 12.5. The van der Waals surface area contributed by atoms with Crippen LogP contribution in [0.3, 0.4) is 0 Å². The fraction of sp³-hybridized carbons (Fsp3) is 0.350. The van der Waals surface area contributed by atoms with Crippen molar-refractivity contribution < 1.29 is 29.2 Å². The number of aliphatic hydroxyl groups is 2. The molecule has 1 aliphatic heterocycles. The van der Waals surface area contributed by atoms with Crippen LogP contribution in [0.2, 0.25) is 0 Å². The zero-order valence-electron chi connectivity index (χ0n) is 14.4. The van der Waals surface area contributed by atoms with Gasteiger partial charge in [0.15, 0.2) is 5.79 Å². The predicted octanol–water partition coefficient (Wildman–Crippen LogP) is 1.90. The molecule has 138 valence electrons. The van der Waals surface area contributed by atoms with E-state index < -0.39 is 30.1 Å². The Labute approximate surface area is 151 Å². The molecule has 0 radical (unpaired) electrons. The molecule has 0 unspecified atom stereocenters. The maximum absolute atomic E-state index is 12.1. The molecule has 1 aliphatic rings. The molecule has 0 saturated carbocycles. The molecule has 1 saturated heterocycles. The highest BCUT2D eigenvalue weighted by molar-refractivity contribution is 5.89. The molecule has 2 aromatic rings. The predicted molar refractivity (Wildman–Crippen MR) is 93.2 cm³/mol. The minimum atomic E-state index is -1.77. The molecule has 4 atom stereocenters. The summed E-state index contributed by atoms with van der Waals surface area (Å²) in [6.07, 6.45) is -2.86. The van der Waals surface area contributed by atoms with Crippen molar-refractivity contribution in [2.75, 3.05) is 6.61 Å². The molecule has 0 aliphatic carbocycles. The average Bonchev–Trinajstić information content (AvgIpc) is 2.88. The monoisotopic (exact) mass is 358 g/mol. The van der Waals surface area contributed by atoms with Gasteiger partial charge in [-0.3, -0.25) is 0 Å². The van der Waals surface area contributed by atoms with Gasteiger partial charge in [-0.2, -0.15) is 0 Å². The third kappa shape index (κ3) is 4.28. The van der Waals surface area contributed by atoms with Gasteiger partial charge in [0.2, 0.25) is 0 Å². The number of hydrogen-bond donors (Lipinski definition) is 2. The fourth-order valence-electron chi connectivity index (χ4n) is 2.86. The van der Waals surface area contributed by atoms with Gasteiger partial charge in [-0.05, 0) is 24.6 Å². The summed E-state index contributed by atoms with van der Waals surface area (Å²) in [5.41, 5.74) is 1.34. The van der Waals surface area contributed by atoms with Crippen molar-refractivity contribution in [1.29, 1.82) is 0 Å². The van der Waals surface area contributed by atoms with Crippen molar-refractivity contribution in [2.24, 2.45) is 0 Å². The van der Waals surface area contributed by atoms with Gasteiger partial charge < -0.3 is 24.4 Å². The number of carbonyl (C=O) groups excluding carboxylic acids is 1. The Kier molecular flexibility index (Phi) is 5.68. The second kappa shape index (κ2) is 7.97. The van der Waals surface area contributed by atoms with E-state index >= 15 is 0 Å². The number of aliphatic hydroxyl groups excluding tert-OH is 1. The SMILES string of the molecule is C[C@]1(O)O[C@H](COC(=O)c2ccccc2)[C@@H](OCc2ccccc2)[C@H]1O. The van der Waals surface area contributed by atoms with Gasteiger partial charge in [-0.15, -0.1) is 0 Å². The largest absolute Gasteiger partial charge is 0.459 e. The van der Waals surface area contributed by atoms with Gasteiger partial charge in [0.25, 0.3) is 0 Å². The molecule has 6 heteroatoms. The lowest BCUT2D eigenvalue weighted by molar-refractivity contribution is -0.217. The molecule has 3 rings (SSSR count). The lowest BCUT2D eigenvalue weighted by atomic mass is 10.1. The Morgan fingerprint density at radius 1 is 1.12 bits per heavy atom. The van der Waals surface area contributed by atoms with Crippen LogP contribution in [0.1, 0.15) is 22.8 Å². The Morgan fingerprint density at radius 3 is 2.38 bits per heavy atom. The molecule has 6 nitrogen and oxygen atoms in total. The first-order valence-corrected chi connectivity index (χ1v) is 8.43. The normalized spacial score (nSPS) is 28.0. The Hall–Kier alpha value is -2.25. The number of hydrogen-bond acceptors (Lipinski definition) is 6. The topological polar surface area (TPSA) is 85.2 Å². The molecule has 2 aromatic carbocycles. The van der Waals surface area contributed by atoms with Crippen LogP contribution >= 0.6 is 0 Å². The summed E-state index contributed by atoms with van der Waals surface area (Å²) in [4.78, 5) is 12.1. The van der Waals surface area contributed by atoms with Gasteiger partial charge in [0, 0.05) is 0 Å². The average molecular weight is 358 g/mol. The van der Waals surface area contributed by atoms with E-state index in [-0.39, 0.29) is 13.2 Å². The van der Waals surface area contributed by atoms with Crippen LogP contribution in [-0.4, -0.2) is 46.9 Å². The van der Waals surface area contributed by atoms with Crippen LogP contribution in [0, 0.1) is 0 Å². The molecule has 1 fully saturated rings. The van der Waals surface area contributed by atoms with Crippen molar-refractivity contribution >= 4 is 5.97 Å². The first-order valence-electron chi connectivity index (χ1n) is 8.43. The van der Waals surface area contributed by atoms with Crippen LogP contribution in [-0.2, 0) is 20.8 Å². The maximum Gasteiger partial charge on any atom is 0.338 e. The summed E-state index contributed by atoms with van der Waals surface area (Å²) in [6.45, 7) is 1.46. The number of carbonyl (C=O) groups is 1. The molecule has 0 spiro atoms. The lowest BCUT2D eigenvalue weighted by Gasteiger charge is -2.22. The fourth-order valence-corrected chi connectivity index (χ4v) is 2.86. The smallest absolute Gasteiger partial charge is 0.338 e. The van der Waals surface area contributed by atoms with Gasteiger partial charge in [0.05, 0.1) is 12.2 Å². The van der Waals surface area contributed by atoms with E-state index in [1.165, 1.54) is 6.92 Å². The number of ether oxygens (including phenoxy) is 3. The minimum absolute atomic E-state index is 0.138. The third-order valence-corrected chi connectivity index (χ3v) is 4.29. The molecule has 0 amide bonds. The maximum atomic E-state index is 12.1. The van der Waals surface area contributed by atoms with E-state index in [9.17, 15) is 15.0 Å². The highest BCUT2D eigenvalue weighted by Gasteiger charge is 2.52. The summed E-state index contributed by atoms with van der Waals surface area (Å²) in [5.74, 6) is -2.28. The summed E-state index contributed by atoms with van der Waals surface area (Å²) in [5, 5.41) is 20.5. The van der Waals surface area contributed by atoms with E-state index in [4.69, 9.17) is 14.2 Å². The van der Waals surface area contributed by atoms with E-state index in [1.54, 1.807) is 30.3 Å². The van der Waals surface area contributed by atoms with Crippen LogP contribution in [0.4, 0.5) is 0 Å². The van der Waals surface area contributed by atoms with Crippen LogP contribution in [0.25, 0.3) is 0 Å². The van der Waals surface area contributed by atoms with E-state index in [0.717, 1.165) is 5.56 Å². The third-order valence-electron chi connectivity index (χ3n) is 4.29. The summed E-state index contributed by atoms with van der Waals surface area (Å²) in [6, 6.07) is 18.0. The first kappa shape index (κ1) is 18.5. The Bertz CT molecular complexity index is 716. The zero-order chi connectivity index (χ0) is 18.6. The van der Waals surface area contributed by atoms with Crippen molar-refractivity contribution in [2.45, 2.75) is 37.6 Å². The number of esters is 1. The van der Waals surface area contributed by atoms with Crippen LogP contribution < -0.4 is 0 Å². The van der Waals surface area contributed by atoms with Gasteiger partial charge in [-0.25, -0.2) is 4.79 Å². The van der Waals surface area contributed by atoms with Gasteiger partial charge in [-0.1, -0.05) is 48.5 Å². The van der Waals surface area contributed by atoms with Gasteiger partial charge in [0.1, 0.15) is 24.9 Å². The number of rotatable bonds is 6. The van der Waals surface area contributed by atoms with Crippen molar-refractivity contribution in [3.8, 4) is 0 Å². The summed E-state index contributed by atoms with van der Waals surface area (Å²) in [7, 11) is 0. The van der Waals surface area contributed by atoms with E-state index in [1.807, 2.05) is 30.3 Å². The van der Waals surface area contributed by atoms with E-state index in [0.29, 0.717) is 5.56 Å². The summed E-state index contributed by atoms with van der Waals surface area (Å²) >= 11 is 0. The second-order valence-electron chi connectivity index (χ2n) is 6.38. The molecule has 0 bridgehead atoms. The van der Waals surface area contributed by atoms with Crippen molar-refractivity contribution in [3.05, 3.63) is 71.8 Å². The zero-order valence-corrected chi connectivity index (χ0v) is 14.4. The Morgan fingerprint density at radius 2 is 1.73 bits per heavy atom. The molecule has 2 N–H and O–H groups in total. The lowest BCUT2D eigenvalue weighted by Crippen LogP contribution is -2.41. The van der Waals surface area contributed by atoms with Gasteiger partial charge >= 0.3 is 5.97 Å². The highest BCUT2D eigenvalue weighted by Crippen LogP contribution is 2.31. The molecule has 1 heterocycles. The molecular weight excluding hydrogens is 336 g/mol. The van der Waals surface area contributed by atoms with Crippen molar-refractivity contribution in [3.63, 3.8) is 0 Å². The summed E-state index contributed by atoms with van der Waals surface area (Å²) < 4.78 is 16.5. The standard InChI is InChI=1S/C20H22O6/c1-20(23)18(21)17(24-12-14-8-4-2-5-9-14)16(26-20)13-25-19(22)15-10-6-3-7-11-15/h2-11,16-18,21,23H,12-13H2,1H3/t16-,17-,18-,20+/m1/s1. The molecular formula is C20H22O6. The minimum Gasteiger partial charge on any atom is -0.459 e. The second-order valence-corrected chi connectivity index (χ2v) is 6.38. The highest BCUT2D eigenvalue weighted by atomic mass is 16.7. The number of benzene rings is 2. The van der Waals surface area contributed by atoms with Crippen LogP contribution in [0.5, 0.6) is 0 Å². The quantitative estimate of drug-likeness (QED) is 0.767. The molecule has 0 aromatic heterocycles. The van der Waals surface area contributed by atoms with Crippen molar-refractivity contribution in [1.82, 2.24) is 0 Å².